The van der Waals surface area contributed by atoms with Crippen LogP contribution >= 0.6 is 11.3 Å². The van der Waals surface area contributed by atoms with Crippen molar-refractivity contribution in [2.45, 2.75) is 44.2 Å². The Bertz CT molecular complexity index is 1120. The lowest BCUT2D eigenvalue weighted by Gasteiger charge is -2.30. The molecule has 1 aliphatic heterocycles. The molecule has 3 rings (SSSR count). The van der Waals surface area contributed by atoms with Gasteiger partial charge in [0.2, 0.25) is 5.43 Å². The lowest BCUT2D eigenvalue weighted by atomic mass is 9.64. The molecular weight excluding hydrogens is 459 g/mol. The van der Waals surface area contributed by atoms with E-state index in [1.54, 1.807) is 0 Å². The van der Waals surface area contributed by atoms with E-state index in [-0.39, 0.29) is 35.1 Å². The molecular formula is C18H21BN4O9S. The molecule has 2 aromatic heterocycles. The van der Waals surface area contributed by atoms with Crippen LogP contribution in [0.1, 0.15) is 37.1 Å². The molecule has 0 aromatic carbocycles. The number of hydrogen-bond donors (Lipinski definition) is 5. The Morgan fingerprint density at radius 2 is 2.15 bits per heavy atom. The minimum atomic E-state index is -1.32. The molecule has 0 unspecified atom stereocenters. The molecule has 6 N–H and O–H groups in total. The highest BCUT2D eigenvalue weighted by atomic mass is 32.1. The highest BCUT2D eigenvalue weighted by Crippen LogP contribution is 2.31. The summed E-state index contributed by atoms with van der Waals surface area (Å²) in [5, 5.41) is 43.6. The van der Waals surface area contributed by atoms with Crippen LogP contribution in [0.2, 0.25) is 5.82 Å². The van der Waals surface area contributed by atoms with Gasteiger partial charge in [-0.05, 0) is 12.8 Å². The Balaban J connectivity index is 1.72. The number of anilines is 1. The van der Waals surface area contributed by atoms with Gasteiger partial charge in [-0.2, -0.15) is 4.73 Å². The van der Waals surface area contributed by atoms with Crippen molar-refractivity contribution in [2.24, 2.45) is 5.16 Å². The van der Waals surface area contributed by atoms with E-state index < -0.39 is 48.6 Å². The molecule has 1 aliphatic rings. The predicted molar refractivity (Wildman–Crippen MR) is 115 cm³/mol. The van der Waals surface area contributed by atoms with Gasteiger partial charge in [-0.1, -0.05) is 5.16 Å². The van der Waals surface area contributed by atoms with Crippen molar-refractivity contribution in [1.82, 2.24) is 9.71 Å². The lowest BCUT2D eigenvalue weighted by Crippen LogP contribution is -2.38. The Labute approximate surface area is 190 Å². The molecule has 2 atom stereocenters. The zero-order chi connectivity index (χ0) is 24.1. The van der Waals surface area contributed by atoms with Crippen LogP contribution in [0, 0.1) is 0 Å². The second-order valence-corrected chi connectivity index (χ2v) is 8.24. The Morgan fingerprint density at radius 1 is 1.39 bits per heavy atom. The molecule has 0 radical (unpaired) electrons. The maximum atomic E-state index is 12.9. The quantitative estimate of drug-likeness (QED) is 0.142. The van der Waals surface area contributed by atoms with Crippen molar-refractivity contribution >= 4 is 41.1 Å². The number of ketones is 1. The third-order valence-electron chi connectivity index (χ3n) is 4.93. The summed E-state index contributed by atoms with van der Waals surface area (Å²) >= 11 is 1.07. The number of Topliss-reactive ketones (excluding diaryl/α,β-unsaturated/α-hetero) is 1. The fourth-order valence-electron chi connectivity index (χ4n) is 3.26. The third kappa shape index (κ3) is 6.30. The summed E-state index contributed by atoms with van der Waals surface area (Å²) in [4.78, 5) is 44.5. The average Bonchev–Trinajstić information content (AvgIpc) is 3.16. The first-order chi connectivity index (χ1) is 15.6. The van der Waals surface area contributed by atoms with Gasteiger partial charge >= 0.3 is 13.1 Å². The van der Waals surface area contributed by atoms with Crippen molar-refractivity contribution in [3.8, 4) is 5.75 Å². The van der Waals surface area contributed by atoms with Crippen LogP contribution in [-0.4, -0.2) is 60.8 Å². The first-order valence-corrected chi connectivity index (χ1v) is 10.7. The summed E-state index contributed by atoms with van der Waals surface area (Å²) in [5.41, 5.74) is 4.83. The van der Waals surface area contributed by atoms with Crippen molar-refractivity contribution in [1.29, 1.82) is 0 Å². The van der Waals surface area contributed by atoms with Crippen molar-refractivity contribution in [3.05, 3.63) is 39.3 Å². The lowest BCUT2D eigenvalue weighted by molar-refractivity contribution is -0.139. The fourth-order valence-corrected chi connectivity index (χ4v) is 3.81. The van der Waals surface area contributed by atoms with Gasteiger partial charge in [-0.3, -0.25) is 14.4 Å². The third-order valence-corrected chi connectivity index (χ3v) is 5.60. The normalized spacial score (nSPS) is 18.8. The first-order valence-electron chi connectivity index (χ1n) is 9.77. The zero-order valence-corrected chi connectivity index (χ0v) is 18.0. The van der Waals surface area contributed by atoms with Gasteiger partial charge in [-0.15, -0.1) is 11.3 Å². The molecule has 15 heteroatoms. The Morgan fingerprint density at radius 3 is 2.79 bits per heavy atom. The Hall–Kier alpha value is -3.43. The monoisotopic (exact) mass is 480 g/mol. The number of aliphatic carboxylic acids is 1. The van der Waals surface area contributed by atoms with Crippen LogP contribution in [0.15, 0.2) is 27.6 Å². The standard InChI is InChI=1S/C18H21BN4O9S/c20-18-21-12(8-33-18)17(22-31-7-10-4-13(24)15(26)6-23(10)30)14(25)3-9-1-2-11(5-16(27)28)32-19(9)29/h4,6,8-9,11,26,29-30H,1-3,5,7H2,(H2,20,21)(H,27,28)/b22-17+/t9-,11+/m1/s1. The number of thiazole rings is 1. The number of carboxylic acid groups (broad SMARTS) is 1. The van der Waals surface area contributed by atoms with Gasteiger partial charge in [0, 0.05) is 23.7 Å². The molecule has 0 bridgehead atoms. The van der Waals surface area contributed by atoms with Crippen LogP contribution < -0.4 is 11.2 Å². The van der Waals surface area contributed by atoms with Gasteiger partial charge in [0.15, 0.2) is 29.0 Å². The zero-order valence-electron chi connectivity index (χ0n) is 17.2. The number of rotatable bonds is 9. The topological polar surface area (TPSA) is 207 Å². The second kappa shape index (κ2) is 10.5. The fraction of sp³-hybridized carbons (Fsp3) is 0.389. The summed E-state index contributed by atoms with van der Waals surface area (Å²) in [6.07, 6.45) is 0.458. The number of hydrogen-bond acceptors (Lipinski definition) is 12. The number of carbonyl (C=O) groups is 2. The van der Waals surface area contributed by atoms with E-state index in [1.807, 2.05) is 0 Å². The number of pyridine rings is 1. The van der Waals surface area contributed by atoms with Crippen LogP contribution in [0.5, 0.6) is 5.75 Å². The summed E-state index contributed by atoms with van der Waals surface area (Å²) < 4.78 is 5.79. The summed E-state index contributed by atoms with van der Waals surface area (Å²) in [6.45, 7) is -0.408. The number of carboxylic acids is 1. The second-order valence-electron chi connectivity index (χ2n) is 7.35. The molecule has 0 saturated carbocycles. The van der Waals surface area contributed by atoms with Gasteiger partial charge in [0.05, 0.1) is 18.7 Å². The highest BCUT2D eigenvalue weighted by Gasteiger charge is 2.38. The van der Waals surface area contributed by atoms with Gasteiger partial charge in [-0.25, -0.2) is 4.98 Å². The van der Waals surface area contributed by atoms with Crippen LogP contribution in [-0.2, 0) is 25.7 Å². The molecule has 0 amide bonds. The molecule has 2 aromatic rings. The maximum Gasteiger partial charge on any atom is 0.458 e. The number of oxime groups is 1. The van der Waals surface area contributed by atoms with Crippen molar-refractivity contribution in [2.75, 3.05) is 5.73 Å². The summed E-state index contributed by atoms with van der Waals surface area (Å²) in [7, 11) is -1.32. The minimum Gasteiger partial charge on any atom is -0.503 e. The average molecular weight is 480 g/mol. The predicted octanol–water partition coefficient (Wildman–Crippen LogP) is 0.214. The molecule has 0 spiro atoms. The van der Waals surface area contributed by atoms with E-state index in [0.29, 0.717) is 17.6 Å². The number of carbonyl (C=O) groups excluding carboxylic acids is 1. The van der Waals surface area contributed by atoms with Crippen LogP contribution in [0.3, 0.4) is 0 Å². The number of aromatic hydroxyl groups is 1. The molecule has 33 heavy (non-hydrogen) atoms. The molecule has 0 aliphatic carbocycles. The van der Waals surface area contributed by atoms with E-state index in [0.717, 1.165) is 23.6 Å². The molecule has 3 heterocycles. The van der Waals surface area contributed by atoms with Crippen molar-refractivity contribution in [3.63, 3.8) is 0 Å². The minimum absolute atomic E-state index is 0.0354. The van der Waals surface area contributed by atoms with Gasteiger partial charge in [0.1, 0.15) is 11.4 Å². The smallest absolute Gasteiger partial charge is 0.458 e. The number of aromatic nitrogens is 2. The number of nitrogens with two attached hydrogens (primary N) is 1. The van der Waals surface area contributed by atoms with Crippen molar-refractivity contribution < 1.29 is 39.5 Å². The Kier molecular flexibility index (Phi) is 7.68. The largest absolute Gasteiger partial charge is 0.503 e. The number of nitrogen functional groups attached to an aromatic ring is 1. The van der Waals surface area contributed by atoms with E-state index in [2.05, 4.69) is 10.1 Å². The van der Waals surface area contributed by atoms with E-state index >= 15 is 0 Å². The SMILES string of the molecule is Nc1nc(/C(=N\OCc2cc(=O)c(O)cn2O)C(=O)C[C@H]2CC[C@@H](CC(=O)O)OB2O)cs1. The summed E-state index contributed by atoms with van der Waals surface area (Å²) in [5.74, 6) is -2.83. The molecule has 176 valence electrons. The maximum absolute atomic E-state index is 12.9. The van der Waals surface area contributed by atoms with Crippen LogP contribution in [0.4, 0.5) is 5.13 Å². The van der Waals surface area contributed by atoms with Gasteiger partial charge in [0.25, 0.3) is 0 Å². The van der Waals surface area contributed by atoms with E-state index in [1.165, 1.54) is 5.38 Å². The molecule has 1 fully saturated rings. The first kappa shape index (κ1) is 24.2. The number of nitrogens with zero attached hydrogens (tertiary/aromatic N) is 3. The van der Waals surface area contributed by atoms with E-state index in [9.17, 15) is 29.7 Å². The van der Waals surface area contributed by atoms with Crippen LogP contribution in [0.25, 0.3) is 0 Å². The van der Waals surface area contributed by atoms with E-state index in [4.69, 9.17) is 20.3 Å². The molecule has 13 nitrogen and oxygen atoms in total. The summed E-state index contributed by atoms with van der Waals surface area (Å²) in [6, 6.07) is 0.941. The van der Waals surface area contributed by atoms with Gasteiger partial charge < -0.3 is 35.7 Å². The highest BCUT2D eigenvalue weighted by molar-refractivity contribution is 7.13. The molecule has 1 saturated heterocycles.